The second kappa shape index (κ2) is 7.37. The predicted octanol–water partition coefficient (Wildman–Crippen LogP) is 0.0506. The molecular formula is C11H24N2O2S. The molecule has 0 aromatic rings. The molecule has 16 heavy (non-hydrogen) atoms. The van der Waals surface area contributed by atoms with Crippen LogP contribution >= 0.6 is 0 Å². The summed E-state index contributed by atoms with van der Waals surface area (Å²) in [6.45, 7) is 8.53. The van der Waals surface area contributed by atoms with Crippen LogP contribution in [0.5, 0.6) is 0 Å². The van der Waals surface area contributed by atoms with E-state index in [0.29, 0.717) is 24.0 Å². The molecular weight excluding hydrogens is 224 g/mol. The molecule has 1 rings (SSSR count). The summed E-state index contributed by atoms with van der Waals surface area (Å²) in [6, 6.07) is 0. The van der Waals surface area contributed by atoms with Gasteiger partial charge in [-0.15, -0.1) is 0 Å². The van der Waals surface area contributed by atoms with Crippen molar-refractivity contribution in [2.75, 3.05) is 44.3 Å². The van der Waals surface area contributed by atoms with Crippen molar-refractivity contribution in [2.24, 2.45) is 11.7 Å². The van der Waals surface area contributed by atoms with Crippen molar-refractivity contribution in [1.29, 1.82) is 0 Å². The Labute approximate surface area is 101 Å². The second-order valence-electron chi connectivity index (χ2n) is 4.50. The van der Waals surface area contributed by atoms with Gasteiger partial charge in [0, 0.05) is 29.6 Å². The van der Waals surface area contributed by atoms with Crippen LogP contribution in [0.3, 0.4) is 0 Å². The fraction of sp³-hybridized carbons (Fsp3) is 1.00. The Morgan fingerprint density at radius 1 is 1.62 bits per heavy atom. The standard InChI is InChI=1S/C11H24N2O2S/c1-3-13-4-5-15-11(7-13)9-16(14)8-10(2)6-12/h10-11H,3-9,12H2,1-2H3. The quantitative estimate of drug-likeness (QED) is 0.722. The zero-order valence-corrected chi connectivity index (χ0v) is 11.2. The first kappa shape index (κ1) is 14.1. The number of ether oxygens (including phenoxy) is 1. The van der Waals surface area contributed by atoms with Crippen molar-refractivity contribution < 1.29 is 8.95 Å². The lowest BCUT2D eigenvalue weighted by Gasteiger charge is -2.31. The van der Waals surface area contributed by atoms with E-state index in [-0.39, 0.29) is 6.10 Å². The van der Waals surface area contributed by atoms with Crippen LogP contribution < -0.4 is 5.73 Å². The van der Waals surface area contributed by atoms with Crippen molar-refractivity contribution in [1.82, 2.24) is 4.90 Å². The zero-order valence-electron chi connectivity index (χ0n) is 10.4. The summed E-state index contributed by atoms with van der Waals surface area (Å²) < 4.78 is 17.5. The molecule has 0 radical (unpaired) electrons. The maximum Gasteiger partial charge on any atom is 0.0817 e. The molecule has 0 aromatic carbocycles. The molecule has 1 aliphatic heterocycles. The fourth-order valence-corrected chi connectivity index (χ4v) is 3.35. The van der Waals surface area contributed by atoms with Crippen LogP contribution in [0.4, 0.5) is 0 Å². The van der Waals surface area contributed by atoms with Gasteiger partial charge >= 0.3 is 0 Å². The molecule has 96 valence electrons. The number of hydrogen-bond donors (Lipinski definition) is 1. The van der Waals surface area contributed by atoms with Crippen molar-refractivity contribution in [3.63, 3.8) is 0 Å². The van der Waals surface area contributed by atoms with Gasteiger partial charge in [-0.05, 0) is 19.0 Å². The molecule has 2 N–H and O–H groups in total. The lowest BCUT2D eigenvalue weighted by molar-refractivity contribution is -0.0141. The average molecular weight is 248 g/mol. The Morgan fingerprint density at radius 3 is 3.00 bits per heavy atom. The van der Waals surface area contributed by atoms with Gasteiger partial charge in [-0.25, -0.2) is 0 Å². The summed E-state index contributed by atoms with van der Waals surface area (Å²) in [7, 11) is -0.796. The molecule has 1 aliphatic rings. The van der Waals surface area contributed by atoms with Gasteiger partial charge in [-0.3, -0.25) is 9.11 Å². The summed E-state index contributed by atoms with van der Waals surface area (Å²) in [5.74, 6) is 1.69. The summed E-state index contributed by atoms with van der Waals surface area (Å²) in [6.07, 6.45) is 0.138. The highest BCUT2D eigenvalue weighted by Gasteiger charge is 2.21. The Bertz CT molecular complexity index is 226. The maximum atomic E-state index is 11.8. The zero-order chi connectivity index (χ0) is 12.0. The van der Waals surface area contributed by atoms with Gasteiger partial charge < -0.3 is 10.5 Å². The third kappa shape index (κ3) is 4.91. The first-order chi connectivity index (χ1) is 7.65. The van der Waals surface area contributed by atoms with E-state index in [1.165, 1.54) is 0 Å². The highest BCUT2D eigenvalue weighted by molar-refractivity contribution is 7.85. The van der Waals surface area contributed by atoms with Crippen LogP contribution in [0, 0.1) is 5.92 Å². The topological polar surface area (TPSA) is 55.6 Å². The van der Waals surface area contributed by atoms with Crippen LogP contribution in [-0.4, -0.2) is 59.5 Å². The predicted molar refractivity (Wildman–Crippen MR) is 67.9 cm³/mol. The van der Waals surface area contributed by atoms with Crippen molar-refractivity contribution in [3.8, 4) is 0 Å². The van der Waals surface area contributed by atoms with Gasteiger partial charge in [0.05, 0.1) is 18.5 Å². The van der Waals surface area contributed by atoms with Gasteiger partial charge in [-0.1, -0.05) is 13.8 Å². The summed E-state index contributed by atoms with van der Waals surface area (Å²) in [4.78, 5) is 2.34. The lowest BCUT2D eigenvalue weighted by atomic mass is 10.2. The van der Waals surface area contributed by atoms with E-state index in [1.807, 2.05) is 6.92 Å². The molecule has 1 fully saturated rings. The van der Waals surface area contributed by atoms with Crippen molar-refractivity contribution in [3.05, 3.63) is 0 Å². The average Bonchev–Trinajstić information content (AvgIpc) is 2.28. The SMILES string of the molecule is CCN1CCOC(CS(=O)CC(C)CN)C1. The van der Waals surface area contributed by atoms with Gasteiger partial charge in [0.15, 0.2) is 0 Å². The minimum absolute atomic E-state index is 0.138. The fourth-order valence-electron chi connectivity index (χ4n) is 1.83. The van der Waals surface area contributed by atoms with E-state index in [0.717, 1.165) is 26.2 Å². The number of nitrogens with zero attached hydrogens (tertiary/aromatic N) is 1. The molecule has 0 aliphatic carbocycles. The largest absolute Gasteiger partial charge is 0.375 e. The molecule has 3 atom stereocenters. The number of morpholine rings is 1. The first-order valence-corrected chi connectivity index (χ1v) is 7.53. The van der Waals surface area contributed by atoms with Crippen LogP contribution in [-0.2, 0) is 15.5 Å². The Kier molecular flexibility index (Phi) is 6.49. The van der Waals surface area contributed by atoms with E-state index in [2.05, 4.69) is 11.8 Å². The maximum absolute atomic E-state index is 11.8. The van der Waals surface area contributed by atoms with Gasteiger partial charge in [0.25, 0.3) is 0 Å². The molecule has 4 nitrogen and oxygen atoms in total. The van der Waals surface area contributed by atoms with Crippen molar-refractivity contribution >= 4 is 10.8 Å². The number of rotatable bonds is 6. The van der Waals surface area contributed by atoms with Gasteiger partial charge in [-0.2, -0.15) is 0 Å². The number of nitrogens with two attached hydrogens (primary N) is 1. The molecule has 0 amide bonds. The Morgan fingerprint density at radius 2 is 2.38 bits per heavy atom. The summed E-state index contributed by atoms with van der Waals surface area (Å²) in [5, 5.41) is 0. The minimum atomic E-state index is -0.796. The molecule has 0 aromatic heterocycles. The van der Waals surface area contributed by atoms with Crippen LogP contribution in [0.1, 0.15) is 13.8 Å². The van der Waals surface area contributed by atoms with Crippen LogP contribution in [0.15, 0.2) is 0 Å². The third-order valence-corrected chi connectivity index (χ3v) is 4.60. The van der Waals surface area contributed by atoms with Crippen LogP contribution in [0.25, 0.3) is 0 Å². The highest BCUT2D eigenvalue weighted by Crippen LogP contribution is 2.07. The van der Waals surface area contributed by atoms with E-state index in [9.17, 15) is 4.21 Å². The summed E-state index contributed by atoms with van der Waals surface area (Å²) >= 11 is 0. The number of hydrogen-bond acceptors (Lipinski definition) is 4. The molecule has 0 saturated carbocycles. The Hall–Kier alpha value is 0.0300. The van der Waals surface area contributed by atoms with E-state index < -0.39 is 10.8 Å². The molecule has 3 unspecified atom stereocenters. The highest BCUT2D eigenvalue weighted by atomic mass is 32.2. The van der Waals surface area contributed by atoms with Gasteiger partial charge in [0.1, 0.15) is 0 Å². The minimum Gasteiger partial charge on any atom is -0.375 e. The summed E-state index contributed by atoms with van der Waals surface area (Å²) in [5.41, 5.74) is 5.52. The van der Waals surface area contributed by atoms with E-state index in [4.69, 9.17) is 10.5 Å². The second-order valence-corrected chi connectivity index (χ2v) is 6.05. The molecule has 1 saturated heterocycles. The monoisotopic (exact) mass is 248 g/mol. The molecule has 0 spiro atoms. The molecule has 5 heteroatoms. The lowest BCUT2D eigenvalue weighted by Crippen LogP contribution is -2.44. The third-order valence-electron chi connectivity index (χ3n) is 2.91. The van der Waals surface area contributed by atoms with Gasteiger partial charge in [0.2, 0.25) is 0 Å². The van der Waals surface area contributed by atoms with E-state index >= 15 is 0 Å². The normalized spacial score (nSPS) is 26.6. The van der Waals surface area contributed by atoms with Crippen molar-refractivity contribution in [2.45, 2.75) is 20.0 Å². The Balaban J connectivity index is 2.27. The van der Waals surface area contributed by atoms with Crippen LogP contribution in [0.2, 0.25) is 0 Å². The molecule has 0 bridgehead atoms. The smallest absolute Gasteiger partial charge is 0.0817 e. The number of likely N-dealkylation sites (N-methyl/N-ethyl adjacent to an activating group) is 1. The first-order valence-electron chi connectivity index (χ1n) is 6.04. The van der Waals surface area contributed by atoms with E-state index in [1.54, 1.807) is 0 Å². The molecule has 1 heterocycles.